The van der Waals surface area contributed by atoms with Crippen LogP contribution in [0.4, 0.5) is 5.69 Å². The third-order valence-electron chi connectivity index (χ3n) is 3.41. The van der Waals surface area contributed by atoms with Crippen LogP contribution in [0.1, 0.15) is 16.7 Å². The first-order valence-electron chi connectivity index (χ1n) is 7.26. The average molecular weight is 341 g/mol. The molecule has 0 fully saturated rings. The third kappa shape index (κ3) is 3.60. The SMILES string of the molecule is Cc1cc(C)cc(-n2nnnc2SCc2ccc([N+](=O)[O-])cc2)c1. The van der Waals surface area contributed by atoms with Crippen molar-refractivity contribution in [3.8, 4) is 5.69 Å². The molecule has 0 aliphatic rings. The van der Waals surface area contributed by atoms with Crippen LogP contribution in [0.15, 0.2) is 47.6 Å². The molecule has 0 radical (unpaired) electrons. The fraction of sp³-hybridized carbons (Fsp3) is 0.188. The van der Waals surface area contributed by atoms with Gasteiger partial charge in [-0.2, -0.15) is 4.68 Å². The van der Waals surface area contributed by atoms with Gasteiger partial charge in [0.25, 0.3) is 5.69 Å². The molecule has 0 N–H and O–H groups in total. The van der Waals surface area contributed by atoms with Gasteiger partial charge in [0.2, 0.25) is 5.16 Å². The second-order valence-electron chi connectivity index (χ2n) is 5.43. The van der Waals surface area contributed by atoms with Crippen molar-refractivity contribution in [3.63, 3.8) is 0 Å². The largest absolute Gasteiger partial charge is 0.269 e. The van der Waals surface area contributed by atoms with Gasteiger partial charge in [0, 0.05) is 17.9 Å². The zero-order valence-electron chi connectivity index (χ0n) is 13.2. The number of hydrogen-bond acceptors (Lipinski definition) is 6. The number of nitro groups is 1. The van der Waals surface area contributed by atoms with E-state index in [9.17, 15) is 10.1 Å². The van der Waals surface area contributed by atoms with Crippen LogP contribution in [0.25, 0.3) is 5.69 Å². The summed E-state index contributed by atoms with van der Waals surface area (Å²) in [5, 5.41) is 23.3. The number of aromatic nitrogens is 4. The molecule has 0 bridgehead atoms. The number of benzene rings is 2. The molecule has 24 heavy (non-hydrogen) atoms. The fourth-order valence-corrected chi connectivity index (χ4v) is 3.21. The fourth-order valence-electron chi connectivity index (χ4n) is 2.37. The van der Waals surface area contributed by atoms with Crippen LogP contribution in [-0.2, 0) is 5.75 Å². The number of rotatable bonds is 5. The molecular weight excluding hydrogens is 326 g/mol. The lowest BCUT2D eigenvalue weighted by Gasteiger charge is -2.07. The van der Waals surface area contributed by atoms with Gasteiger partial charge < -0.3 is 0 Å². The Morgan fingerprint density at radius 1 is 1.12 bits per heavy atom. The van der Waals surface area contributed by atoms with E-state index >= 15 is 0 Å². The minimum atomic E-state index is -0.405. The molecule has 0 saturated carbocycles. The molecule has 2 aromatic carbocycles. The van der Waals surface area contributed by atoms with Gasteiger partial charge in [0.15, 0.2) is 0 Å². The van der Waals surface area contributed by atoms with E-state index in [4.69, 9.17) is 0 Å². The Bertz CT molecular complexity index is 856. The Kier molecular flexibility index (Phi) is 4.57. The zero-order valence-corrected chi connectivity index (χ0v) is 14.0. The van der Waals surface area contributed by atoms with Crippen LogP contribution in [0.5, 0.6) is 0 Å². The summed E-state index contributed by atoms with van der Waals surface area (Å²) in [4.78, 5) is 10.3. The summed E-state index contributed by atoms with van der Waals surface area (Å²) in [7, 11) is 0. The highest BCUT2D eigenvalue weighted by molar-refractivity contribution is 7.98. The summed E-state index contributed by atoms with van der Waals surface area (Å²) < 4.78 is 1.70. The molecule has 0 aliphatic carbocycles. The highest BCUT2D eigenvalue weighted by Gasteiger charge is 2.11. The van der Waals surface area contributed by atoms with E-state index in [1.165, 1.54) is 23.9 Å². The average Bonchev–Trinajstić information content (AvgIpc) is 3.01. The van der Waals surface area contributed by atoms with Gasteiger partial charge in [-0.3, -0.25) is 10.1 Å². The Morgan fingerprint density at radius 2 is 1.79 bits per heavy atom. The molecule has 1 heterocycles. The Morgan fingerprint density at radius 3 is 2.42 bits per heavy atom. The molecule has 0 spiro atoms. The first kappa shape index (κ1) is 16.1. The van der Waals surface area contributed by atoms with Gasteiger partial charge in [-0.25, -0.2) is 0 Å². The number of aryl methyl sites for hydroxylation is 2. The van der Waals surface area contributed by atoms with Crippen molar-refractivity contribution in [3.05, 3.63) is 69.3 Å². The molecule has 0 atom stereocenters. The normalized spacial score (nSPS) is 10.8. The van der Waals surface area contributed by atoms with Gasteiger partial charge in [-0.05, 0) is 53.1 Å². The predicted molar refractivity (Wildman–Crippen MR) is 91.3 cm³/mol. The summed E-state index contributed by atoms with van der Waals surface area (Å²) in [6, 6.07) is 12.6. The molecule has 0 amide bonds. The molecule has 8 heteroatoms. The highest BCUT2D eigenvalue weighted by atomic mass is 32.2. The van der Waals surface area contributed by atoms with Gasteiger partial charge in [-0.15, -0.1) is 5.10 Å². The minimum absolute atomic E-state index is 0.0869. The topological polar surface area (TPSA) is 86.7 Å². The zero-order chi connectivity index (χ0) is 17.1. The number of thioether (sulfide) groups is 1. The first-order chi connectivity index (χ1) is 11.5. The maximum absolute atomic E-state index is 10.7. The lowest BCUT2D eigenvalue weighted by atomic mass is 10.1. The first-order valence-corrected chi connectivity index (χ1v) is 8.24. The van der Waals surface area contributed by atoms with E-state index in [1.54, 1.807) is 16.8 Å². The molecule has 0 aliphatic heterocycles. The quantitative estimate of drug-likeness (QED) is 0.401. The van der Waals surface area contributed by atoms with Crippen molar-refractivity contribution < 1.29 is 4.92 Å². The van der Waals surface area contributed by atoms with Crippen molar-refractivity contribution >= 4 is 17.4 Å². The Labute approximate surface area is 142 Å². The molecule has 3 rings (SSSR count). The van der Waals surface area contributed by atoms with E-state index in [-0.39, 0.29) is 5.69 Å². The van der Waals surface area contributed by atoms with Gasteiger partial charge in [0.1, 0.15) is 0 Å². The number of tetrazole rings is 1. The van der Waals surface area contributed by atoms with Gasteiger partial charge in [0.05, 0.1) is 10.6 Å². The Balaban J connectivity index is 1.77. The van der Waals surface area contributed by atoms with Crippen LogP contribution in [0, 0.1) is 24.0 Å². The second kappa shape index (κ2) is 6.79. The van der Waals surface area contributed by atoms with Crippen LogP contribution in [0.3, 0.4) is 0 Å². The van der Waals surface area contributed by atoms with Gasteiger partial charge >= 0.3 is 0 Å². The number of nitrogens with zero attached hydrogens (tertiary/aromatic N) is 5. The van der Waals surface area contributed by atoms with Crippen LogP contribution < -0.4 is 0 Å². The van der Waals surface area contributed by atoms with E-state index in [1.807, 2.05) is 26.0 Å². The van der Waals surface area contributed by atoms with E-state index in [0.717, 1.165) is 22.4 Å². The summed E-state index contributed by atoms with van der Waals surface area (Å²) in [6.45, 7) is 4.06. The smallest absolute Gasteiger partial charge is 0.258 e. The van der Waals surface area contributed by atoms with Crippen LogP contribution in [0.2, 0.25) is 0 Å². The number of non-ortho nitro benzene ring substituents is 1. The van der Waals surface area contributed by atoms with Crippen LogP contribution in [-0.4, -0.2) is 25.1 Å². The monoisotopic (exact) mass is 341 g/mol. The van der Waals surface area contributed by atoms with E-state index < -0.39 is 4.92 Å². The van der Waals surface area contributed by atoms with Crippen molar-refractivity contribution in [1.82, 2.24) is 20.2 Å². The summed E-state index contributed by atoms with van der Waals surface area (Å²) in [6.07, 6.45) is 0. The predicted octanol–water partition coefficient (Wildman–Crippen LogP) is 3.48. The molecule has 0 unspecified atom stereocenters. The summed E-state index contributed by atoms with van der Waals surface area (Å²) in [5.41, 5.74) is 4.27. The molecule has 0 saturated heterocycles. The summed E-state index contributed by atoms with van der Waals surface area (Å²) >= 11 is 1.48. The molecule has 122 valence electrons. The number of nitro benzene ring substituents is 1. The third-order valence-corrected chi connectivity index (χ3v) is 4.40. The molecular formula is C16H15N5O2S. The van der Waals surface area contributed by atoms with E-state index in [0.29, 0.717) is 10.9 Å². The number of hydrogen-bond donors (Lipinski definition) is 0. The van der Waals surface area contributed by atoms with Gasteiger partial charge in [-0.1, -0.05) is 30.0 Å². The molecule has 3 aromatic rings. The highest BCUT2D eigenvalue weighted by Crippen LogP contribution is 2.24. The van der Waals surface area contributed by atoms with Crippen LogP contribution >= 0.6 is 11.8 Å². The molecule has 7 nitrogen and oxygen atoms in total. The van der Waals surface area contributed by atoms with Crippen molar-refractivity contribution in [1.29, 1.82) is 0 Å². The standard InChI is InChI=1S/C16H15N5O2S/c1-11-7-12(2)9-15(8-11)20-16(17-18-19-20)24-10-13-3-5-14(6-4-13)21(22)23/h3-9H,10H2,1-2H3. The second-order valence-corrected chi connectivity index (χ2v) is 6.37. The maximum atomic E-state index is 10.7. The lowest BCUT2D eigenvalue weighted by Crippen LogP contribution is -2.00. The maximum Gasteiger partial charge on any atom is 0.269 e. The molecule has 1 aromatic heterocycles. The van der Waals surface area contributed by atoms with Crippen molar-refractivity contribution in [2.24, 2.45) is 0 Å². The summed E-state index contributed by atoms with van der Waals surface area (Å²) in [5.74, 6) is 0.628. The Hall–Kier alpha value is -2.74. The van der Waals surface area contributed by atoms with Crippen molar-refractivity contribution in [2.75, 3.05) is 0 Å². The lowest BCUT2D eigenvalue weighted by molar-refractivity contribution is -0.384. The van der Waals surface area contributed by atoms with Crippen molar-refractivity contribution in [2.45, 2.75) is 24.8 Å². The van der Waals surface area contributed by atoms with E-state index in [2.05, 4.69) is 21.6 Å². The minimum Gasteiger partial charge on any atom is -0.258 e.